The van der Waals surface area contributed by atoms with Crippen LogP contribution in [-0.4, -0.2) is 9.97 Å². The molecule has 0 spiro atoms. The summed E-state index contributed by atoms with van der Waals surface area (Å²) in [6.07, 6.45) is 1.48. The Hall–Kier alpha value is -2.04. The van der Waals surface area contributed by atoms with Crippen LogP contribution in [0.2, 0.25) is 10.0 Å². The molecule has 0 saturated carbocycles. The van der Waals surface area contributed by atoms with E-state index >= 15 is 0 Å². The zero-order valence-corrected chi connectivity index (χ0v) is 13.4. The van der Waals surface area contributed by atoms with Gasteiger partial charge in [-0.1, -0.05) is 23.2 Å². The van der Waals surface area contributed by atoms with Crippen molar-refractivity contribution in [1.82, 2.24) is 9.97 Å². The Kier molecular flexibility index (Phi) is 3.81. The number of benzene rings is 1. The minimum absolute atomic E-state index is 0.0446. The van der Waals surface area contributed by atoms with Gasteiger partial charge in [-0.05, 0) is 32.0 Å². The second-order valence-electron chi connectivity index (χ2n) is 4.95. The standard InChI is InChI=1S/C16H12Cl2N2O2/c1-8-9(2)20-13-6-12(18)14(5-11(13)16(8)21)22-15-4-3-10(17)7-19-15/h3-7H,1-2H3,(H,20,21). The number of nitrogens with zero attached hydrogens (tertiary/aromatic N) is 1. The fourth-order valence-corrected chi connectivity index (χ4v) is 2.44. The maximum Gasteiger partial charge on any atom is 0.219 e. The predicted molar refractivity (Wildman–Crippen MR) is 88.4 cm³/mol. The molecule has 0 saturated heterocycles. The van der Waals surface area contributed by atoms with Crippen molar-refractivity contribution in [2.75, 3.05) is 0 Å². The van der Waals surface area contributed by atoms with Gasteiger partial charge in [-0.3, -0.25) is 4.79 Å². The van der Waals surface area contributed by atoms with Gasteiger partial charge in [0.05, 0.1) is 15.6 Å². The number of rotatable bonds is 2. The Morgan fingerprint density at radius 1 is 1.18 bits per heavy atom. The van der Waals surface area contributed by atoms with Crippen LogP contribution in [0.25, 0.3) is 10.9 Å². The predicted octanol–water partition coefficient (Wildman–Crippen LogP) is 4.64. The molecule has 2 heterocycles. The van der Waals surface area contributed by atoms with Crippen molar-refractivity contribution in [3.8, 4) is 11.6 Å². The Labute approximate surface area is 136 Å². The summed E-state index contributed by atoms with van der Waals surface area (Å²) in [5.41, 5.74) is 2.12. The van der Waals surface area contributed by atoms with E-state index in [9.17, 15) is 4.79 Å². The molecule has 112 valence electrons. The van der Waals surface area contributed by atoms with Gasteiger partial charge >= 0.3 is 0 Å². The number of hydrogen-bond acceptors (Lipinski definition) is 3. The highest BCUT2D eigenvalue weighted by Gasteiger charge is 2.11. The highest BCUT2D eigenvalue weighted by molar-refractivity contribution is 6.32. The van der Waals surface area contributed by atoms with E-state index < -0.39 is 0 Å². The van der Waals surface area contributed by atoms with Crippen LogP contribution in [0.1, 0.15) is 11.3 Å². The molecule has 0 fully saturated rings. The van der Waals surface area contributed by atoms with Crippen molar-refractivity contribution in [3.05, 3.63) is 62.0 Å². The fraction of sp³-hybridized carbons (Fsp3) is 0.125. The van der Waals surface area contributed by atoms with E-state index in [1.807, 2.05) is 6.92 Å². The average molecular weight is 335 g/mol. The van der Waals surface area contributed by atoms with Gasteiger partial charge in [-0.15, -0.1) is 0 Å². The van der Waals surface area contributed by atoms with Crippen LogP contribution in [0.3, 0.4) is 0 Å². The molecule has 1 aromatic carbocycles. The number of aryl methyl sites for hydroxylation is 1. The molecule has 3 aromatic rings. The summed E-state index contributed by atoms with van der Waals surface area (Å²) in [4.78, 5) is 19.6. The Morgan fingerprint density at radius 2 is 1.95 bits per heavy atom. The minimum Gasteiger partial charge on any atom is -0.437 e. The first-order chi connectivity index (χ1) is 10.5. The summed E-state index contributed by atoms with van der Waals surface area (Å²) in [7, 11) is 0. The molecule has 0 bridgehead atoms. The van der Waals surface area contributed by atoms with E-state index in [1.54, 1.807) is 31.2 Å². The summed E-state index contributed by atoms with van der Waals surface area (Å²) < 4.78 is 5.64. The number of halogens is 2. The van der Waals surface area contributed by atoms with Crippen LogP contribution in [0.5, 0.6) is 11.6 Å². The van der Waals surface area contributed by atoms with E-state index in [2.05, 4.69) is 9.97 Å². The van der Waals surface area contributed by atoms with Crippen LogP contribution in [-0.2, 0) is 0 Å². The Bertz CT molecular complexity index is 918. The molecule has 0 atom stereocenters. The third kappa shape index (κ3) is 2.67. The molecule has 22 heavy (non-hydrogen) atoms. The fourth-order valence-electron chi connectivity index (χ4n) is 2.13. The van der Waals surface area contributed by atoms with Crippen LogP contribution in [0, 0.1) is 13.8 Å². The molecule has 0 aliphatic rings. The van der Waals surface area contributed by atoms with Crippen molar-refractivity contribution >= 4 is 34.1 Å². The molecule has 0 unspecified atom stereocenters. The van der Waals surface area contributed by atoms with Crippen molar-refractivity contribution in [2.45, 2.75) is 13.8 Å². The molecule has 1 N–H and O–H groups in total. The highest BCUT2D eigenvalue weighted by Crippen LogP contribution is 2.31. The van der Waals surface area contributed by atoms with E-state index in [-0.39, 0.29) is 5.43 Å². The van der Waals surface area contributed by atoms with Gasteiger partial charge in [0.15, 0.2) is 5.43 Å². The van der Waals surface area contributed by atoms with Crippen molar-refractivity contribution < 1.29 is 4.74 Å². The lowest BCUT2D eigenvalue weighted by atomic mass is 10.1. The number of fused-ring (bicyclic) bond motifs is 1. The number of aromatic nitrogens is 2. The minimum atomic E-state index is -0.0446. The maximum absolute atomic E-state index is 12.4. The zero-order valence-electron chi connectivity index (χ0n) is 11.9. The van der Waals surface area contributed by atoms with Gasteiger partial charge in [-0.2, -0.15) is 0 Å². The summed E-state index contributed by atoms with van der Waals surface area (Å²) >= 11 is 12.0. The summed E-state index contributed by atoms with van der Waals surface area (Å²) in [5.74, 6) is 0.726. The lowest BCUT2D eigenvalue weighted by Crippen LogP contribution is -2.09. The van der Waals surface area contributed by atoms with E-state index in [0.717, 1.165) is 5.69 Å². The zero-order chi connectivity index (χ0) is 15.9. The third-order valence-corrected chi connectivity index (χ3v) is 3.98. The summed E-state index contributed by atoms with van der Waals surface area (Å²) in [5, 5.41) is 1.43. The molecular weight excluding hydrogens is 323 g/mol. The molecule has 6 heteroatoms. The molecule has 0 radical (unpaired) electrons. The maximum atomic E-state index is 12.4. The smallest absolute Gasteiger partial charge is 0.219 e. The van der Waals surface area contributed by atoms with Crippen molar-refractivity contribution in [3.63, 3.8) is 0 Å². The number of H-pyrrole nitrogens is 1. The molecule has 0 amide bonds. The molecule has 4 nitrogen and oxygen atoms in total. The normalized spacial score (nSPS) is 10.9. The van der Waals surface area contributed by atoms with Crippen LogP contribution < -0.4 is 10.2 Å². The second kappa shape index (κ2) is 5.63. The van der Waals surface area contributed by atoms with Crippen LogP contribution >= 0.6 is 23.2 Å². The molecule has 3 rings (SSSR count). The number of aromatic amines is 1. The van der Waals surface area contributed by atoms with E-state index in [0.29, 0.717) is 38.1 Å². The number of hydrogen-bond donors (Lipinski definition) is 1. The Morgan fingerprint density at radius 3 is 2.64 bits per heavy atom. The first-order valence-corrected chi connectivity index (χ1v) is 7.33. The van der Waals surface area contributed by atoms with Gasteiger partial charge in [0.25, 0.3) is 0 Å². The second-order valence-corrected chi connectivity index (χ2v) is 5.79. The number of pyridine rings is 2. The van der Waals surface area contributed by atoms with Gasteiger partial charge in [0.2, 0.25) is 5.88 Å². The number of ether oxygens (including phenoxy) is 1. The molecule has 0 aliphatic heterocycles. The van der Waals surface area contributed by atoms with E-state index in [4.69, 9.17) is 27.9 Å². The van der Waals surface area contributed by atoms with Crippen LogP contribution in [0.15, 0.2) is 35.3 Å². The Balaban J connectivity index is 2.12. The van der Waals surface area contributed by atoms with Crippen LogP contribution in [0.4, 0.5) is 0 Å². The quantitative estimate of drug-likeness (QED) is 0.742. The summed E-state index contributed by atoms with van der Waals surface area (Å²) in [6, 6.07) is 6.60. The average Bonchev–Trinajstić information content (AvgIpc) is 2.49. The van der Waals surface area contributed by atoms with Crippen molar-refractivity contribution in [2.24, 2.45) is 0 Å². The first-order valence-electron chi connectivity index (χ1n) is 6.58. The largest absolute Gasteiger partial charge is 0.437 e. The number of nitrogens with one attached hydrogen (secondary N) is 1. The SMILES string of the molecule is Cc1[nH]c2cc(Cl)c(Oc3ccc(Cl)cn3)cc2c(=O)c1C. The third-order valence-electron chi connectivity index (χ3n) is 3.46. The van der Waals surface area contributed by atoms with Crippen molar-refractivity contribution in [1.29, 1.82) is 0 Å². The first kappa shape index (κ1) is 14.9. The molecular formula is C16H12Cl2N2O2. The highest BCUT2D eigenvalue weighted by atomic mass is 35.5. The lowest BCUT2D eigenvalue weighted by molar-refractivity contribution is 0.464. The van der Waals surface area contributed by atoms with Gasteiger partial charge in [-0.25, -0.2) is 4.98 Å². The molecule has 0 aliphatic carbocycles. The molecule has 2 aromatic heterocycles. The lowest BCUT2D eigenvalue weighted by Gasteiger charge is -2.10. The topological polar surface area (TPSA) is 55.0 Å². The van der Waals surface area contributed by atoms with E-state index in [1.165, 1.54) is 6.20 Å². The summed E-state index contributed by atoms with van der Waals surface area (Å²) in [6.45, 7) is 3.63. The van der Waals surface area contributed by atoms with Gasteiger partial charge in [0.1, 0.15) is 5.75 Å². The van der Waals surface area contributed by atoms with Gasteiger partial charge in [0, 0.05) is 28.9 Å². The monoisotopic (exact) mass is 334 g/mol. The van der Waals surface area contributed by atoms with Gasteiger partial charge < -0.3 is 9.72 Å².